The van der Waals surface area contributed by atoms with Crippen molar-refractivity contribution in [1.29, 1.82) is 0 Å². The topological polar surface area (TPSA) is 87.7 Å². The monoisotopic (exact) mass is 367 g/mol. The lowest BCUT2D eigenvalue weighted by molar-refractivity contribution is 0.0730. The molecule has 1 aromatic rings. The number of morpholine rings is 1. The van der Waals surface area contributed by atoms with Crippen molar-refractivity contribution in [2.24, 2.45) is 0 Å². The van der Waals surface area contributed by atoms with Crippen LogP contribution in [0, 0.1) is 6.92 Å². The summed E-state index contributed by atoms with van der Waals surface area (Å²) in [4.78, 5) is 12.7. The zero-order chi connectivity index (χ0) is 17.9. The molecule has 0 aliphatic carbocycles. The van der Waals surface area contributed by atoms with Crippen molar-refractivity contribution >= 4 is 15.9 Å². The maximum atomic E-state index is 12.9. The van der Waals surface area contributed by atoms with Crippen LogP contribution in [0.15, 0.2) is 23.1 Å². The standard InChI is InChI=1S/C17H25N3O4S/c1-13-4-5-14(17(21)19-15-3-2-6-18-12-15)11-16(13)25(22,23)20-7-9-24-10-8-20/h4-5,11,15,18H,2-3,6-10,12H2,1H3,(H,19,21)/t15-/m0/s1. The minimum Gasteiger partial charge on any atom is -0.379 e. The molecule has 1 atom stereocenters. The van der Waals surface area contributed by atoms with Gasteiger partial charge >= 0.3 is 0 Å². The van der Waals surface area contributed by atoms with Crippen LogP contribution in [0.25, 0.3) is 0 Å². The molecule has 138 valence electrons. The SMILES string of the molecule is Cc1ccc(C(=O)N[C@H]2CCCNC2)cc1S(=O)(=O)N1CCOCC1. The number of rotatable bonds is 4. The minimum atomic E-state index is -3.62. The van der Waals surface area contributed by atoms with Gasteiger partial charge in [0.2, 0.25) is 10.0 Å². The van der Waals surface area contributed by atoms with E-state index in [1.807, 2.05) is 0 Å². The number of ether oxygens (including phenoxy) is 1. The molecule has 3 rings (SSSR count). The summed E-state index contributed by atoms with van der Waals surface area (Å²) < 4.78 is 32.5. The number of piperidine rings is 1. The van der Waals surface area contributed by atoms with Crippen LogP contribution >= 0.6 is 0 Å². The highest BCUT2D eigenvalue weighted by Crippen LogP contribution is 2.22. The molecule has 8 heteroatoms. The third-order valence-corrected chi connectivity index (χ3v) is 6.71. The minimum absolute atomic E-state index is 0.0850. The van der Waals surface area contributed by atoms with Crippen molar-refractivity contribution in [3.8, 4) is 0 Å². The molecule has 2 N–H and O–H groups in total. The van der Waals surface area contributed by atoms with Crippen molar-refractivity contribution in [2.45, 2.75) is 30.7 Å². The molecule has 1 amide bonds. The van der Waals surface area contributed by atoms with Gasteiger partial charge < -0.3 is 15.4 Å². The molecule has 0 aromatic heterocycles. The third-order valence-electron chi connectivity index (χ3n) is 4.67. The Morgan fingerprint density at radius 1 is 1.32 bits per heavy atom. The summed E-state index contributed by atoms with van der Waals surface area (Å²) in [7, 11) is -3.62. The Hall–Kier alpha value is -1.48. The van der Waals surface area contributed by atoms with Crippen molar-refractivity contribution in [1.82, 2.24) is 14.9 Å². The highest BCUT2D eigenvalue weighted by atomic mass is 32.2. The lowest BCUT2D eigenvalue weighted by atomic mass is 10.1. The highest BCUT2D eigenvalue weighted by Gasteiger charge is 2.28. The Morgan fingerprint density at radius 3 is 2.76 bits per heavy atom. The molecule has 0 saturated carbocycles. The van der Waals surface area contributed by atoms with E-state index in [-0.39, 0.29) is 16.8 Å². The van der Waals surface area contributed by atoms with Crippen LogP contribution in [0.2, 0.25) is 0 Å². The van der Waals surface area contributed by atoms with E-state index in [4.69, 9.17) is 4.74 Å². The lowest BCUT2D eigenvalue weighted by Gasteiger charge is -2.27. The van der Waals surface area contributed by atoms with Gasteiger partial charge in [-0.2, -0.15) is 4.31 Å². The lowest BCUT2D eigenvalue weighted by Crippen LogP contribution is -2.45. The number of nitrogens with one attached hydrogen (secondary N) is 2. The first kappa shape index (κ1) is 18.3. The maximum absolute atomic E-state index is 12.9. The highest BCUT2D eigenvalue weighted by molar-refractivity contribution is 7.89. The summed E-state index contributed by atoms with van der Waals surface area (Å²) in [5, 5.41) is 6.23. The molecule has 2 fully saturated rings. The summed E-state index contributed by atoms with van der Waals surface area (Å²) in [6.07, 6.45) is 1.96. The molecular formula is C17H25N3O4S. The van der Waals surface area contributed by atoms with Crippen molar-refractivity contribution in [3.05, 3.63) is 29.3 Å². The van der Waals surface area contributed by atoms with Crippen molar-refractivity contribution in [3.63, 3.8) is 0 Å². The van der Waals surface area contributed by atoms with Crippen molar-refractivity contribution < 1.29 is 17.9 Å². The number of hydrogen-bond donors (Lipinski definition) is 2. The number of sulfonamides is 1. The molecule has 7 nitrogen and oxygen atoms in total. The summed E-state index contributed by atoms with van der Waals surface area (Å²) in [5.41, 5.74) is 1.02. The summed E-state index contributed by atoms with van der Waals surface area (Å²) >= 11 is 0. The average Bonchev–Trinajstić information content (AvgIpc) is 2.63. The molecule has 0 radical (unpaired) electrons. The van der Waals surface area contributed by atoms with Crippen LogP contribution in [-0.2, 0) is 14.8 Å². The van der Waals surface area contributed by atoms with E-state index in [9.17, 15) is 13.2 Å². The van der Waals surface area contributed by atoms with Crippen LogP contribution in [-0.4, -0.2) is 64.1 Å². The number of hydrogen-bond acceptors (Lipinski definition) is 5. The number of nitrogens with zero attached hydrogens (tertiary/aromatic N) is 1. The van der Waals surface area contributed by atoms with Crippen LogP contribution in [0.4, 0.5) is 0 Å². The van der Waals surface area contributed by atoms with E-state index < -0.39 is 10.0 Å². The number of benzene rings is 1. The number of amides is 1. The first-order valence-corrected chi connectivity index (χ1v) is 10.1. The van der Waals surface area contributed by atoms with E-state index >= 15 is 0 Å². The van der Waals surface area contributed by atoms with E-state index in [2.05, 4.69) is 10.6 Å². The largest absolute Gasteiger partial charge is 0.379 e. The molecule has 2 heterocycles. The van der Waals surface area contributed by atoms with Gasteiger partial charge in [-0.25, -0.2) is 8.42 Å². The van der Waals surface area contributed by atoms with Crippen LogP contribution in [0.3, 0.4) is 0 Å². The second-order valence-electron chi connectivity index (χ2n) is 6.51. The quantitative estimate of drug-likeness (QED) is 0.809. The predicted molar refractivity (Wildman–Crippen MR) is 94.1 cm³/mol. The maximum Gasteiger partial charge on any atom is 0.251 e. The fourth-order valence-corrected chi connectivity index (χ4v) is 4.85. The van der Waals surface area contributed by atoms with E-state index in [1.165, 1.54) is 10.4 Å². The molecule has 25 heavy (non-hydrogen) atoms. The second kappa shape index (κ2) is 7.82. The summed E-state index contributed by atoms with van der Waals surface area (Å²) in [6, 6.07) is 4.95. The Kier molecular flexibility index (Phi) is 5.73. The number of aryl methyl sites for hydroxylation is 1. The molecule has 0 unspecified atom stereocenters. The molecule has 1 aromatic carbocycles. The smallest absolute Gasteiger partial charge is 0.251 e. The Labute approximate surface area is 148 Å². The van der Waals surface area contributed by atoms with E-state index in [1.54, 1.807) is 19.1 Å². The van der Waals surface area contributed by atoms with Gasteiger partial charge in [0, 0.05) is 31.2 Å². The van der Waals surface area contributed by atoms with Gasteiger partial charge in [0.25, 0.3) is 5.91 Å². The van der Waals surface area contributed by atoms with E-state index in [0.717, 1.165) is 25.9 Å². The normalized spacial score (nSPS) is 22.5. The first-order valence-electron chi connectivity index (χ1n) is 8.68. The second-order valence-corrected chi connectivity index (χ2v) is 8.42. The van der Waals surface area contributed by atoms with Gasteiger partial charge in [0.1, 0.15) is 0 Å². The molecule has 2 saturated heterocycles. The van der Waals surface area contributed by atoms with Gasteiger partial charge in [-0.05, 0) is 44.0 Å². The number of carbonyl (C=O) groups is 1. The Morgan fingerprint density at radius 2 is 2.08 bits per heavy atom. The van der Waals surface area contributed by atoms with Crippen molar-refractivity contribution in [2.75, 3.05) is 39.4 Å². The molecule has 2 aliphatic heterocycles. The summed E-state index contributed by atoms with van der Waals surface area (Å²) in [6.45, 7) is 4.94. The molecular weight excluding hydrogens is 342 g/mol. The van der Waals surface area contributed by atoms with Crippen LogP contribution < -0.4 is 10.6 Å². The summed E-state index contributed by atoms with van der Waals surface area (Å²) in [5.74, 6) is -0.230. The van der Waals surface area contributed by atoms with Gasteiger partial charge in [0.15, 0.2) is 0 Å². The first-order chi connectivity index (χ1) is 12.0. The fraction of sp³-hybridized carbons (Fsp3) is 0.588. The van der Waals surface area contributed by atoms with Gasteiger partial charge in [-0.3, -0.25) is 4.79 Å². The Balaban J connectivity index is 1.81. The average molecular weight is 367 g/mol. The zero-order valence-corrected chi connectivity index (χ0v) is 15.3. The van der Waals surface area contributed by atoms with Crippen LogP contribution in [0.5, 0.6) is 0 Å². The fourth-order valence-electron chi connectivity index (χ4n) is 3.19. The van der Waals surface area contributed by atoms with Gasteiger partial charge in [0.05, 0.1) is 18.1 Å². The molecule has 0 bridgehead atoms. The zero-order valence-electron chi connectivity index (χ0n) is 14.5. The number of carbonyl (C=O) groups excluding carboxylic acids is 1. The van der Waals surface area contributed by atoms with Gasteiger partial charge in [-0.1, -0.05) is 6.07 Å². The Bertz CT molecular complexity index is 723. The predicted octanol–water partition coefficient (Wildman–Crippen LogP) is 0.498. The third kappa shape index (κ3) is 4.20. The van der Waals surface area contributed by atoms with Crippen LogP contribution in [0.1, 0.15) is 28.8 Å². The van der Waals surface area contributed by atoms with E-state index in [0.29, 0.717) is 37.4 Å². The van der Waals surface area contributed by atoms with Gasteiger partial charge in [-0.15, -0.1) is 0 Å². The molecule has 2 aliphatic rings. The molecule has 0 spiro atoms.